The standard InChI is InChI=1S/C21H30N2O5/c1-27-21(23(25)26,28-19-15-9-4-10-16-19)20(24)22(17-11-5-2-6-12-17)18-13-7-3-8-14-18/h4,9-10,15-18H,2-3,5-8,11-14H2,1H3. The Hall–Kier alpha value is -2.15. The normalized spacial score (nSPS) is 20.9. The molecule has 0 aliphatic heterocycles. The highest BCUT2D eigenvalue weighted by molar-refractivity contribution is 5.83. The monoisotopic (exact) mass is 390 g/mol. The number of nitrogens with zero attached hydrogens (tertiary/aromatic N) is 2. The summed E-state index contributed by atoms with van der Waals surface area (Å²) >= 11 is 0. The summed E-state index contributed by atoms with van der Waals surface area (Å²) < 4.78 is 10.8. The molecule has 0 saturated heterocycles. The Bertz CT molecular complexity index is 638. The molecule has 2 aliphatic rings. The Morgan fingerprint density at radius 3 is 1.93 bits per heavy atom. The van der Waals surface area contributed by atoms with Gasteiger partial charge in [0.25, 0.3) is 0 Å². The fraction of sp³-hybridized carbons (Fsp3) is 0.667. The Kier molecular flexibility index (Phi) is 6.88. The zero-order valence-electron chi connectivity index (χ0n) is 16.5. The van der Waals surface area contributed by atoms with Gasteiger partial charge in [-0.15, -0.1) is 0 Å². The second-order valence-electron chi connectivity index (χ2n) is 7.75. The fourth-order valence-corrected chi connectivity index (χ4v) is 4.52. The molecule has 154 valence electrons. The van der Waals surface area contributed by atoms with Gasteiger partial charge in [0.15, 0.2) is 0 Å². The minimum absolute atomic E-state index is 0.0122. The van der Waals surface area contributed by atoms with Crippen molar-refractivity contribution in [2.75, 3.05) is 7.11 Å². The smallest absolute Gasteiger partial charge is 0.398 e. The zero-order valence-corrected chi connectivity index (χ0v) is 16.5. The van der Waals surface area contributed by atoms with Crippen molar-refractivity contribution in [3.05, 3.63) is 40.4 Å². The molecular weight excluding hydrogens is 360 g/mol. The predicted molar refractivity (Wildman–Crippen MR) is 104 cm³/mol. The number of methoxy groups -OCH3 is 1. The van der Waals surface area contributed by atoms with Crippen LogP contribution in [0.1, 0.15) is 64.2 Å². The van der Waals surface area contributed by atoms with Crippen LogP contribution in [0.15, 0.2) is 30.3 Å². The summed E-state index contributed by atoms with van der Waals surface area (Å²) in [5, 5.41) is 12.1. The average Bonchev–Trinajstić information content (AvgIpc) is 2.74. The van der Waals surface area contributed by atoms with Crippen molar-refractivity contribution in [2.24, 2.45) is 0 Å². The van der Waals surface area contributed by atoms with Gasteiger partial charge < -0.3 is 9.64 Å². The fourth-order valence-electron chi connectivity index (χ4n) is 4.52. The number of carbonyl (C=O) groups is 1. The first kappa shape index (κ1) is 20.6. The number of amides is 1. The minimum atomic E-state index is -2.56. The molecule has 1 amide bonds. The lowest BCUT2D eigenvalue weighted by Crippen LogP contribution is -2.63. The Morgan fingerprint density at radius 1 is 1.00 bits per heavy atom. The molecule has 3 rings (SSSR count). The van der Waals surface area contributed by atoms with E-state index in [1.54, 1.807) is 35.2 Å². The third-order valence-corrected chi connectivity index (χ3v) is 5.96. The zero-order chi connectivity index (χ0) is 20.0. The van der Waals surface area contributed by atoms with E-state index in [0.29, 0.717) is 0 Å². The molecule has 1 aromatic rings. The Balaban J connectivity index is 1.94. The molecule has 1 atom stereocenters. The van der Waals surface area contributed by atoms with E-state index in [9.17, 15) is 14.9 Å². The van der Waals surface area contributed by atoms with Crippen LogP contribution in [0, 0.1) is 10.1 Å². The van der Waals surface area contributed by atoms with E-state index in [1.165, 1.54) is 7.11 Å². The van der Waals surface area contributed by atoms with Crippen LogP contribution >= 0.6 is 0 Å². The lowest BCUT2D eigenvalue weighted by Gasteiger charge is -2.42. The van der Waals surface area contributed by atoms with E-state index in [1.807, 2.05) is 0 Å². The number of rotatable bonds is 7. The first-order valence-electron chi connectivity index (χ1n) is 10.3. The molecule has 0 heterocycles. The average molecular weight is 390 g/mol. The lowest BCUT2D eigenvalue weighted by atomic mass is 9.88. The van der Waals surface area contributed by atoms with Crippen LogP contribution in [-0.4, -0.2) is 40.8 Å². The number of carbonyl (C=O) groups excluding carboxylic acids is 1. The highest BCUT2D eigenvalue weighted by Crippen LogP contribution is 2.33. The van der Waals surface area contributed by atoms with Gasteiger partial charge in [0, 0.05) is 19.2 Å². The summed E-state index contributed by atoms with van der Waals surface area (Å²) in [6.07, 6.45) is 9.98. The number of nitro groups is 1. The van der Waals surface area contributed by atoms with Crippen LogP contribution < -0.4 is 4.74 Å². The summed E-state index contributed by atoms with van der Waals surface area (Å²) in [7, 11) is 1.17. The molecule has 0 aromatic heterocycles. The van der Waals surface area contributed by atoms with Gasteiger partial charge in [-0.25, -0.2) is 0 Å². The van der Waals surface area contributed by atoms with Crippen LogP contribution in [0.3, 0.4) is 0 Å². The summed E-state index contributed by atoms with van der Waals surface area (Å²) in [6.45, 7) is 0. The van der Waals surface area contributed by atoms with Gasteiger partial charge in [-0.1, -0.05) is 56.7 Å². The van der Waals surface area contributed by atoms with E-state index >= 15 is 0 Å². The highest BCUT2D eigenvalue weighted by Gasteiger charge is 2.60. The van der Waals surface area contributed by atoms with Crippen molar-refractivity contribution in [3.63, 3.8) is 0 Å². The molecule has 28 heavy (non-hydrogen) atoms. The number of benzene rings is 1. The topological polar surface area (TPSA) is 81.9 Å². The van der Waals surface area contributed by atoms with Gasteiger partial charge in [0.1, 0.15) is 10.7 Å². The second-order valence-corrected chi connectivity index (χ2v) is 7.75. The van der Waals surface area contributed by atoms with Crippen molar-refractivity contribution < 1.29 is 19.2 Å². The maximum absolute atomic E-state index is 13.7. The summed E-state index contributed by atoms with van der Waals surface area (Å²) in [4.78, 5) is 26.8. The van der Waals surface area contributed by atoms with Gasteiger partial charge in [-0.3, -0.25) is 19.6 Å². The Morgan fingerprint density at radius 2 is 1.50 bits per heavy atom. The van der Waals surface area contributed by atoms with Crippen molar-refractivity contribution in [1.29, 1.82) is 0 Å². The van der Waals surface area contributed by atoms with Crippen molar-refractivity contribution in [1.82, 2.24) is 4.90 Å². The summed E-state index contributed by atoms with van der Waals surface area (Å²) in [6, 6.07) is 8.41. The second kappa shape index (κ2) is 9.37. The minimum Gasteiger partial charge on any atom is -0.398 e. The van der Waals surface area contributed by atoms with Gasteiger partial charge in [0.05, 0.1) is 0 Å². The van der Waals surface area contributed by atoms with E-state index in [-0.39, 0.29) is 17.8 Å². The molecule has 2 saturated carbocycles. The molecule has 0 N–H and O–H groups in total. The number of para-hydroxylation sites is 1. The summed E-state index contributed by atoms with van der Waals surface area (Å²) in [5.41, 5.74) is 0. The molecule has 0 bridgehead atoms. The van der Waals surface area contributed by atoms with E-state index in [4.69, 9.17) is 9.47 Å². The highest BCUT2D eigenvalue weighted by atomic mass is 16.8. The van der Waals surface area contributed by atoms with Crippen LogP contribution in [0.25, 0.3) is 0 Å². The van der Waals surface area contributed by atoms with Crippen LogP contribution in [0.2, 0.25) is 0 Å². The third kappa shape index (κ3) is 4.29. The first-order chi connectivity index (χ1) is 13.6. The molecule has 1 unspecified atom stereocenters. The quantitative estimate of drug-likeness (QED) is 0.397. The predicted octanol–water partition coefficient (Wildman–Crippen LogP) is 4.14. The van der Waals surface area contributed by atoms with Gasteiger partial charge in [-0.2, -0.15) is 0 Å². The largest absolute Gasteiger partial charge is 0.566 e. The van der Waals surface area contributed by atoms with Crippen LogP contribution in [0.4, 0.5) is 0 Å². The molecule has 7 nitrogen and oxygen atoms in total. The number of ether oxygens (including phenoxy) is 2. The lowest BCUT2D eigenvalue weighted by molar-refractivity contribution is -0.655. The molecular formula is C21H30N2O5. The molecule has 2 aliphatic carbocycles. The third-order valence-electron chi connectivity index (χ3n) is 5.96. The van der Waals surface area contributed by atoms with E-state index < -0.39 is 16.7 Å². The molecule has 2 fully saturated rings. The van der Waals surface area contributed by atoms with Crippen molar-refractivity contribution >= 4 is 5.91 Å². The summed E-state index contributed by atoms with van der Waals surface area (Å²) in [5.74, 6) is -3.00. The van der Waals surface area contributed by atoms with Gasteiger partial charge in [-0.05, 0) is 37.8 Å². The Labute approximate surface area is 166 Å². The molecule has 0 spiro atoms. The SMILES string of the molecule is COC(Oc1ccccc1)(C(=O)N(C1CCCCC1)C1CCCCC1)[N+](=O)[O-]. The molecule has 1 aromatic carbocycles. The van der Waals surface area contributed by atoms with Crippen molar-refractivity contribution in [3.8, 4) is 5.75 Å². The maximum Gasteiger partial charge on any atom is 0.566 e. The van der Waals surface area contributed by atoms with Gasteiger partial charge in [0.2, 0.25) is 0 Å². The van der Waals surface area contributed by atoms with Crippen LogP contribution in [0.5, 0.6) is 5.75 Å². The maximum atomic E-state index is 13.7. The first-order valence-corrected chi connectivity index (χ1v) is 10.3. The number of hydrogen-bond acceptors (Lipinski definition) is 5. The number of hydrogen-bond donors (Lipinski definition) is 0. The molecule has 0 radical (unpaired) electrons. The van der Waals surface area contributed by atoms with Crippen molar-refractivity contribution in [2.45, 2.75) is 82.2 Å². The molecule has 7 heteroatoms. The van der Waals surface area contributed by atoms with Crippen LogP contribution in [-0.2, 0) is 9.53 Å². The van der Waals surface area contributed by atoms with E-state index in [0.717, 1.165) is 64.2 Å². The van der Waals surface area contributed by atoms with E-state index in [2.05, 4.69) is 0 Å². The van der Waals surface area contributed by atoms with Gasteiger partial charge >= 0.3 is 11.8 Å².